The summed E-state index contributed by atoms with van der Waals surface area (Å²) in [5, 5.41) is 3.33. The van der Waals surface area contributed by atoms with Crippen LogP contribution in [0.3, 0.4) is 0 Å². The lowest BCUT2D eigenvalue weighted by Crippen LogP contribution is -2.11. The summed E-state index contributed by atoms with van der Waals surface area (Å²) in [5.41, 5.74) is 1.25. The third-order valence-electron chi connectivity index (χ3n) is 2.24. The molecule has 1 heterocycles. The van der Waals surface area contributed by atoms with Crippen LogP contribution in [0.1, 0.15) is 11.3 Å². The zero-order valence-corrected chi connectivity index (χ0v) is 13.6. The molecule has 0 unspecified atom stereocenters. The molecule has 0 bridgehead atoms. The van der Waals surface area contributed by atoms with Crippen LogP contribution in [0.15, 0.2) is 48.4 Å². The lowest BCUT2D eigenvalue weighted by molar-refractivity contribution is 0.464. The SMILES string of the molecule is Brc1ccc(CNCc2cc(Br)c(Br)o2)cc1. The Hall–Kier alpha value is -0.100. The van der Waals surface area contributed by atoms with Gasteiger partial charge in [-0.1, -0.05) is 28.1 Å². The first kappa shape index (κ1) is 13.3. The van der Waals surface area contributed by atoms with Crippen molar-refractivity contribution in [2.75, 3.05) is 0 Å². The van der Waals surface area contributed by atoms with Crippen molar-refractivity contribution in [3.63, 3.8) is 0 Å². The molecule has 5 heteroatoms. The molecule has 0 fully saturated rings. The third-order valence-corrected chi connectivity index (χ3v) is 4.48. The Labute approximate surface area is 125 Å². The average molecular weight is 424 g/mol. The fourth-order valence-electron chi connectivity index (χ4n) is 1.41. The molecule has 90 valence electrons. The number of rotatable bonds is 4. The summed E-state index contributed by atoms with van der Waals surface area (Å²) < 4.78 is 8.25. The second-order valence-electron chi connectivity index (χ2n) is 3.56. The lowest BCUT2D eigenvalue weighted by Gasteiger charge is -2.02. The molecule has 1 aromatic heterocycles. The van der Waals surface area contributed by atoms with Crippen molar-refractivity contribution in [1.82, 2.24) is 5.32 Å². The van der Waals surface area contributed by atoms with E-state index in [2.05, 4.69) is 65.2 Å². The third kappa shape index (κ3) is 3.95. The molecule has 1 aromatic carbocycles. The van der Waals surface area contributed by atoms with Crippen molar-refractivity contribution in [3.8, 4) is 0 Å². The number of furan rings is 1. The Morgan fingerprint density at radius 3 is 2.29 bits per heavy atom. The van der Waals surface area contributed by atoms with E-state index in [9.17, 15) is 0 Å². The monoisotopic (exact) mass is 421 g/mol. The molecule has 0 aliphatic carbocycles. The second kappa shape index (κ2) is 6.18. The number of hydrogen-bond acceptors (Lipinski definition) is 2. The Bertz CT molecular complexity index is 473. The van der Waals surface area contributed by atoms with E-state index in [4.69, 9.17) is 4.42 Å². The molecule has 0 aliphatic heterocycles. The van der Waals surface area contributed by atoms with Gasteiger partial charge >= 0.3 is 0 Å². The maximum atomic E-state index is 5.47. The van der Waals surface area contributed by atoms with Gasteiger partial charge in [0.05, 0.1) is 11.0 Å². The summed E-state index contributed by atoms with van der Waals surface area (Å²) in [7, 11) is 0. The van der Waals surface area contributed by atoms with Crippen molar-refractivity contribution >= 4 is 47.8 Å². The van der Waals surface area contributed by atoms with Gasteiger partial charge in [0.2, 0.25) is 0 Å². The van der Waals surface area contributed by atoms with Gasteiger partial charge in [0.15, 0.2) is 4.67 Å². The second-order valence-corrected chi connectivity index (χ2v) is 6.05. The van der Waals surface area contributed by atoms with E-state index < -0.39 is 0 Å². The molecule has 2 rings (SSSR count). The highest BCUT2D eigenvalue weighted by molar-refractivity contribution is 9.13. The van der Waals surface area contributed by atoms with E-state index in [1.807, 2.05) is 18.2 Å². The van der Waals surface area contributed by atoms with Crippen LogP contribution in [0, 0.1) is 0 Å². The minimum Gasteiger partial charge on any atom is -0.452 e. The highest BCUT2D eigenvalue weighted by Crippen LogP contribution is 2.26. The summed E-state index contributed by atoms with van der Waals surface area (Å²) in [6.07, 6.45) is 0. The van der Waals surface area contributed by atoms with Crippen molar-refractivity contribution in [2.45, 2.75) is 13.1 Å². The first-order chi connectivity index (χ1) is 8.15. The fourth-order valence-corrected chi connectivity index (χ4v) is 2.33. The molecule has 0 atom stereocenters. The summed E-state index contributed by atoms with van der Waals surface area (Å²) in [6.45, 7) is 1.53. The Balaban J connectivity index is 1.85. The first-order valence-corrected chi connectivity index (χ1v) is 7.42. The minimum absolute atomic E-state index is 0.709. The maximum absolute atomic E-state index is 5.47. The number of halogens is 3. The van der Waals surface area contributed by atoms with Gasteiger partial charge < -0.3 is 9.73 Å². The van der Waals surface area contributed by atoms with Crippen LogP contribution in [0.4, 0.5) is 0 Å². The molecule has 0 radical (unpaired) electrons. The van der Waals surface area contributed by atoms with Crippen LogP contribution in [-0.2, 0) is 13.1 Å². The van der Waals surface area contributed by atoms with E-state index in [1.54, 1.807) is 0 Å². The van der Waals surface area contributed by atoms with Gasteiger partial charge in [0.1, 0.15) is 5.76 Å². The molecule has 2 nitrogen and oxygen atoms in total. The fraction of sp³-hybridized carbons (Fsp3) is 0.167. The summed E-state index contributed by atoms with van der Waals surface area (Å²) in [6, 6.07) is 10.2. The largest absolute Gasteiger partial charge is 0.452 e. The Kier molecular flexibility index (Phi) is 4.85. The van der Waals surface area contributed by atoms with Crippen molar-refractivity contribution < 1.29 is 4.42 Å². The molecule has 0 spiro atoms. The van der Waals surface area contributed by atoms with Crippen molar-refractivity contribution in [2.24, 2.45) is 0 Å². The predicted molar refractivity (Wildman–Crippen MR) is 78.8 cm³/mol. The molecular formula is C12H10Br3NO. The van der Waals surface area contributed by atoms with Gasteiger partial charge in [-0.2, -0.15) is 0 Å². The van der Waals surface area contributed by atoms with E-state index in [-0.39, 0.29) is 0 Å². The van der Waals surface area contributed by atoms with Crippen molar-refractivity contribution in [1.29, 1.82) is 0 Å². The van der Waals surface area contributed by atoms with Gasteiger partial charge in [0.25, 0.3) is 0 Å². The molecular weight excluding hydrogens is 414 g/mol. The number of nitrogens with one attached hydrogen (secondary N) is 1. The lowest BCUT2D eigenvalue weighted by atomic mass is 10.2. The topological polar surface area (TPSA) is 25.2 Å². The molecule has 17 heavy (non-hydrogen) atoms. The smallest absolute Gasteiger partial charge is 0.183 e. The molecule has 0 saturated heterocycles. The zero-order valence-electron chi connectivity index (χ0n) is 8.84. The quantitative estimate of drug-likeness (QED) is 0.760. The number of benzene rings is 1. The van der Waals surface area contributed by atoms with Crippen LogP contribution in [0.25, 0.3) is 0 Å². The van der Waals surface area contributed by atoms with Gasteiger partial charge in [-0.3, -0.25) is 0 Å². The zero-order chi connectivity index (χ0) is 12.3. The minimum atomic E-state index is 0.709. The van der Waals surface area contributed by atoms with Gasteiger partial charge in [-0.05, 0) is 55.6 Å². The highest BCUT2D eigenvalue weighted by atomic mass is 79.9. The first-order valence-electron chi connectivity index (χ1n) is 5.04. The van der Waals surface area contributed by atoms with Crippen molar-refractivity contribution in [3.05, 3.63) is 55.3 Å². The summed E-state index contributed by atoms with van der Waals surface area (Å²) in [4.78, 5) is 0. The van der Waals surface area contributed by atoms with Gasteiger partial charge in [-0.15, -0.1) is 0 Å². The maximum Gasteiger partial charge on any atom is 0.183 e. The Morgan fingerprint density at radius 2 is 1.71 bits per heavy atom. The van der Waals surface area contributed by atoms with Crippen LogP contribution in [0.5, 0.6) is 0 Å². The van der Waals surface area contributed by atoms with E-state index in [0.29, 0.717) is 6.54 Å². The van der Waals surface area contributed by atoms with Gasteiger partial charge in [-0.25, -0.2) is 0 Å². The van der Waals surface area contributed by atoms with Crippen LogP contribution >= 0.6 is 47.8 Å². The Morgan fingerprint density at radius 1 is 1.00 bits per heavy atom. The number of hydrogen-bond donors (Lipinski definition) is 1. The standard InChI is InChI=1S/C12H10Br3NO/c13-9-3-1-8(2-4-9)6-16-7-10-5-11(14)12(15)17-10/h1-5,16H,6-7H2. The summed E-state index contributed by atoms with van der Waals surface area (Å²) >= 11 is 10.1. The highest BCUT2D eigenvalue weighted by Gasteiger charge is 2.05. The predicted octanol–water partition coefficient (Wildman–Crippen LogP) is 4.86. The molecule has 2 aromatic rings. The molecule has 0 amide bonds. The van der Waals surface area contributed by atoms with E-state index in [1.165, 1.54) is 5.56 Å². The van der Waals surface area contributed by atoms with Gasteiger partial charge in [0, 0.05) is 11.0 Å². The van der Waals surface area contributed by atoms with E-state index in [0.717, 1.165) is 25.9 Å². The van der Waals surface area contributed by atoms with Crippen LogP contribution in [-0.4, -0.2) is 0 Å². The molecule has 0 aliphatic rings. The van der Waals surface area contributed by atoms with E-state index >= 15 is 0 Å². The normalized spacial score (nSPS) is 10.8. The van der Waals surface area contributed by atoms with Crippen LogP contribution < -0.4 is 5.32 Å². The average Bonchev–Trinajstić information content (AvgIpc) is 2.61. The van der Waals surface area contributed by atoms with Crippen LogP contribution in [0.2, 0.25) is 0 Å². The molecule has 0 saturated carbocycles. The summed E-state index contributed by atoms with van der Waals surface area (Å²) in [5.74, 6) is 0.904. The molecule has 1 N–H and O–H groups in total.